The van der Waals surface area contributed by atoms with Crippen molar-refractivity contribution in [2.75, 3.05) is 44.7 Å². The normalized spacial score (nSPS) is 16.8. The van der Waals surface area contributed by atoms with Gasteiger partial charge in [-0.2, -0.15) is 11.8 Å². The van der Waals surface area contributed by atoms with Gasteiger partial charge in [-0.05, 0) is 119 Å². The standard InChI is InChI=1S/C63H98N18O13S/c1-37(2)33-45(57(89)74-41(53(68)85)27-32-95-3)73-52(84)36-72-54(86)46(34-38-15-6-4-7-16-38)78-58(90)47(35-39-17-8-5-9-18-39)79-56(88)42(23-25-50(66)82)75-55(87)43(24-26-51(67)83)76-59(91)49-22-14-31-81(49)62(94)44(20-10-11-28-64)77-60(92)48-21-13-30-80(48)61(93)40(65)19-12-29-71-63(69)70/h4-9,15-18,37,40-49H,10-14,19-36,64-65H2,1-3H3,(H2,66,82)(H2,67,83)(H2,68,85)(H,72,86)(H,73,84)(H,74,89)(H,75,87)(H,76,91)(H,77,92)(H,78,90)(H,79,88)(H4,69,70,71)/t40-,41+,42+,43+,44+,45+,46+,47-,48-,49+/m1/s1. The minimum Gasteiger partial charge on any atom is -0.370 e. The van der Waals surface area contributed by atoms with Crippen molar-refractivity contribution < 1.29 is 62.3 Å². The Hall–Kier alpha value is -8.91. The van der Waals surface area contributed by atoms with Gasteiger partial charge in [0.25, 0.3) is 0 Å². The number of rotatable bonds is 42. The molecule has 32 heteroatoms. The number of nitrogens with one attached hydrogen (secondary N) is 8. The van der Waals surface area contributed by atoms with E-state index >= 15 is 0 Å². The molecule has 0 saturated carbocycles. The van der Waals surface area contributed by atoms with Crippen molar-refractivity contribution in [2.45, 2.75) is 183 Å². The van der Waals surface area contributed by atoms with Crippen LogP contribution in [0.4, 0.5) is 0 Å². The molecule has 0 bridgehead atoms. The number of primary amides is 3. The van der Waals surface area contributed by atoms with Crippen LogP contribution in [-0.4, -0.2) is 198 Å². The summed E-state index contributed by atoms with van der Waals surface area (Å²) in [6.45, 7) is 3.86. The van der Waals surface area contributed by atoms with Crippen LogP contribution in [0, 0.1) is 5.92 Å². The number of carbonyl (C=O) groups excluding carboxylic acids is 13. The number of thioether (sulfide) groups is 1. The number of hydrogen-bond donors (Lipinski definition) is 15. The lowest BCUT2D eigenvalue weighted by Gasteiger charge is -2.32. The largest absolute Gasteiger partial charge is 0.370 e. The number of guanidine groups is 1. The van der Waals surface area contributed by atoms with Gasteiger partial charge >= 0.3 is 0 Å². The number of aliphatic imine (C=N–C) groups is 1. The van der Waals surface area contributed by atoms with Gasteiger partial charge in [-0.1, -0.05) is 74.5 Å². The fraction of sp³-hybridized carbons (Fsp3) is 0.587. The number of hydrogen-bond acceptors (Lipinski definition) is 17. The van der Waals surface area contributed by atoms with Gasteiger partial charge in [0.2, 0.25) is 76.8 Å². The number of benzene rings is 2. The highest BCUT2D eigenvalue weighted by molar-refractivity contribution is 7.98. The number of nitrogens with two attached hydrogens (primary N) is 7. The van der Waals surface area contributed by atoms with Crippen LogP contribution in [0.2, 0.25) is 0 Å². The molecule has 95 heavy (non-hydrogen) atoms. The van der Waals surface area contributed by atoms with Crippen LogP contribution in [0.25, 0.3) is 0 Å². The molecule has 0 aromatic heterocycles. The number of nitrogens with zero attached hydrogens (tertiary/aromatic N) is 3. The Morgan fingerprint density at radius 1 is 0.537 bits per heavy atom. The number of amides is 13. The average Bonchev–Trinajstić information content (AvgIpc) is 1.74. The van der Waals surface area contributed by atoms with Gasteiger partial charge in [0.1, 0.15) is 54.4 Å². The van der Waals surface area contributed by atoms with E-state index in [0.717, 1.165) is 0 Å². The van der Waals surface area contributed by atoms with Gasteiger partial charge in [-0.15, -0.1) is 0 Å². The molecular formula is C63H98N18O13S. The lowest BCUT2D eigenvalue weighted by molar-refractivity contribution is -0.144. The van der Waals surface area contributed by atoms with Crippen LogP contribution in [-0.2, 0) is 75.2 Å². The first kappa shape index (κ1) is 78.5. The van der Waals surface area contributed by atoms with E-state index in [9.17, 15) is 62.3 Å². The summed E-state index contributed by atoms with van der Waals surface area (Å²) in [6.07, 6.45) is 3.12. The van der Waals surface area contributed by atoms with E-state index in [1.165, 1.54) is 21.6 Å². The zero-order valence-corrected chi connectivity index (χ0v) is 55.3. The topological polar surface area (TPSA) is 519 Å². The van der Waals surface area contributed by atoms with E-state index in [4.69, 9.17) is 40.1 Å². The molecule has 22 N–H and O–H groups in total. The minimum atomic E-state index is -1.64. The molecule has 2 aromatic carbocycles. The molecule has 0 unspecified atom stereocenters. The molecule has 2 aliphatic rings. The summed E-state index contributed by atoms with van der Waals surface area (Å²) in [7, 11) is 0. The Balaban J connectivity index is 1.56. The fourth-order valence-corrected chi connectivity index (χ4v) is 11.5. The number of unbranched alkanes of at least 4 members (excludes halogenated alkanes) is 1. The third-order valence-corrected chi connectivity index (χ3v) is 16.7. The predicted octanol–water partition coefficient (Wildman–Crippen LogP) is -3.71. The molecule has 2 fully saturated rings. The monoisotopic (exact) mass is 1350 g/mol. The van der Waals surface area contributed by atoms with E-state index in [1.807, 2.05) is 20.1 Å². The van der Waals surface area contributed by atoms with Gasteiger partial charge in [-0.3, -0.25) is 67.3 Å². The van der Waals surface area contributed by atoms with Crippen molar-refractivity contribution in [2.24, 2.45) is 51.0 Å². The Morgan fingerprint density at radius 2 is 1.01 bits per heavy atom. The first-order valence-electron chi connectivity index (χ1n) is 32.2. The Bertz CT molecular complexity index is 2960. The van der Waals surface area contributed by atoms with Crippen molar-refractivity contribution in [1.29, 1.82) is 0 Å². The summed E-state index contributed by atoms with van der Waals surface area (Å²) in [5.74, 6) is -9.80. The maximum absolute atomic E-state index is 14.7. The van der Waals surface area contributed by atoms with Gasteiger partial charge in [-0.25, -0.2) is 0 Å². The third-order valence-electron chi connectivity index (χ3n) is 16.0. The zero-order chi connectivity index (χ0) is 70.1. The molecule has 31 nitrogen and oxygen atoms in total. The molecule has 0 radical (unpaired) electrons. The van der Waals surface area contributed by atoms with E-state index < -0.39 is 169 Å². The number of carbonyl (C=O) groups is 13. The number of likely N-dealkylation sites (tertiary alicyclic amines) is 2. The maximum atomic E-state index is 14.7. The van der Waals surface area contributed by atoms with Crippen LogP contribution in [0.5, 0.6) is 0 Å². The highest BCUT2D eigenvalue weighted by Crippen LogP contribution is 2.24. The lowest BCUT2D eigenvalue weighted by atomic mass is 10.0. The SMILES string of the molecule is CSCC[C@H](NC(=O)[C@H](CC(C)C)NC(=O)CNC(=O)[C@H](Cc1ccccc1)NC(=O)[C@@H](Cc1ccccc1)NC(=O)[C@H](CCC(N)=O)NC(=O)[C@H](CCC(N)=O)NC(=O)[C@@H]1CCCN1C(=O)[C@H](CCCCN)NC(=O)[C@H]1CCCN1C(=O)[C@H](N)CCCN=C(N)N)C(N)=O. The van der Waals surface area contributed by atoms with Crippen molar-refractivity contribution in [3.8, 4) is 0 Å². The van der Waals surface area contributed by atoms with Gasteiger partial charge in [0.15, 0.2) is 5.96 Å². The van der Waals surface area contributed by atoms with Crippen LogP contribution in [0.1, 0.15) is 121 Å². The molecule has 13 amide bonds. The summed E-state index contributed by atoms with van der Waals surface area (Å²) in [5.41, 5.74) is 40.6. The molecule has 524 valence electrons. The molecule has 2 aromatic rings. The summed E-state index contributed by atoms with van der Waals surface area (Å²) < 4.78 is 0. The Kier molecular flexibility index (Phi) is 33.9. The van der Waals surface area contributed by atoms with Gasteiger partial charge in [0.05, 0.1) is 12.6 Å². The Labute approximate surface area is 558 Å². The van der Waals surface area contributed by atoms with E-state index in [-0.39, 0.29) is 83.0 Å². The average molecular weight is 1350 g/mol. The summed E-state index contributed by atoms with van der Waals surface area (Å²) in [4.78, 5) is 185. The molecule has 2 aliphatic heterocycles. The van der Waals surface area contributed by atoms with E-state index in [0.29, 0.717) is 55.4 Å². The third kappa shape index (κ3) is 27.5. The molecule has 2 saturated heterocycles. The Morgan fingerprint density at radius 3 is 1.51 bits per heavy atom. The van der Waals surface area contributed by atoms with Gasteiger partial charge in [0, 0.05) is 45.3 Å². The van der Waals surface area contributed by atoms with Crippen LogP contribution >= 0.6 is 11.8 Å². The molecule has 0 spiro atoms. The summed E-state index contributed by atoms with van der Waals surface area (Å²) >= 11 is 1.45. The van der Waals surface area contributed by atoms with Crippen molar-refractivity contribution in [1.82, 2.24) is 52.3 Å². The summed E-state index contributed by atoms with van der Waals surface area (Å²) in [5, 5.41) is 21.1. The van der Waals surface area contributed by atoms with Crippen molar-refractivity contribution >= 4 is 94.5 Å². The maximum Gasteiger partial charge on any atom is 0.245 e. The zero-order valence-electron chi connectivity index (χ0n) is 54.5. The molecule has 4 rings (SSSR count). The van der Waals surface area contributed by atoms with Crippen LogP contribution < -0.4 is 82.7 Å². The van der Waals surface area contributed by atoms with Gasteiger partial charge < -0.3 is 92.5 Å². The first-order valence-corrected chi connectivity index (χ1v) is 33.6. The molecule has 10 atom stereocenters. The van der Waals surface area contributed by atoms with Crippen molar-refractivity contribution in [3.05, 3.63) is 71.8 Å². The highest BCUT2D eigenvalue weighted by Gasteiger charge is 2.42. The lowest BCUT2D eigenvalue weighted by Crippen LogP contribution is -2.60. The predicted molar refractivity (Wildman–Crippen MR) is 356 cm³/mol. The van der Waals surface area contributed by atoms with E-state index in [2.05, 4.69) is 47.5 Å². The smallest absolute Gasteiger partial charge is 0.245 e. The van der Waals surface area contributed by atoms with Crippen LogP contribution in [0.3, 0.4) is 0 Å². The fourth-order valence-electron chi connectivity index (χ4n) is 11.0. The van der Waals surface area contributed by atoms with Crippen LogP contribution in [0.15, 0.2) is 65.7 Å². The molecule has 2 heterocycles. The summed E-state index contributed by atoms with van der Waals surface area (Å²) in [6, 6.07) is 4.51. The first-order chi connectivity index (χ1) is 45.2. The highest BCUT2D eigenvalue weighted by atomic mass is 32.2. The van der Waals surface area contributed by atoms with E-state index in [1.54, 1.807) is 60.7 Å². The molecule has 0 aliphatic carbocycles. The van der Waals surface area contributed by atoms with Crippen molar-refractivity contribution in [3.63, 3.8) is 0 Å². The second kappa shape index (κ2) is 41.0. The second-order valence-corrected chi connectivity index (χ2v) is 25.1. The quantitative estimate of drug-likeness (QED) is 0.0173. The molecular weight excluding hydrogens is 1250 g/mol. The minimum absolute atomic E-state index is 0.0736. The second-order valence-electron chi connectivity index (χ2n) is 24.1.